The molecule has 0 spiro atoms. The number of fused-ring (bicyclic) bond motifs is 1. The summed E-state index contributed by atoms with van der Waals surface area (Å²) in [6.07, 6.45) is 0.957. The van der Waals surface area contributed by atoms with Gasteiger partial charge in [0.05, 0.1) is 5.56 Å². The molecular formula is C14H10CuO3. The fourth-order valence-corrected chi connectivity index (χ4v) is 1.51. The van der Waals surface area contributed by atoms with E-state index in [0.29, 0.717) is 5.56 Å². The van der Waals surface area contributed by atoms with Crippen LogP contribution in [0.25, 0.3) is 10.8 Å². The van der Waals surface area contributed by atoms with Gasteiger partial charge in [0.15, 0.2) is 0 Å². The molecule has 0 aromatic heterocycles. The summed E-state index contributed by atoms with van der Waals surface area (Å²) < 4.78 is 4.54. The molecule has 2 aromatic carbocycles. The standard InChI is InChI=1S/C14H10O3.Cu/c1-2-13(15)17-14(16)12-8-7-10-5-3-4-6-11(10)9-12;/h2-9H,1H2;. The minimum atomic E-state index is -0.747. The molecule has 0 amide bonds. The van der Waals surface area contributed by atoms with Crippen molar-refractivity contribution in [2.75, 3.05) is 0 Å². The van der Waals surface area contributed by atoms with Crippen LogP contribution >= 0.6 is 0 Å². The van der Waals surface area contributed by atoms with Crippen molar-refractivity contribution in [2.45, 2.75) is 0 Å². The molecule has 0 N–H and O–H groups in total. The van der Waals surface area contributed by atoms with Gasteiger partial charge >= 0.3 is 11.9 Å². The van der Waals surface area contributed by atoms with Crippen molar-refractivity contribution in [1.82, 2.24) is 0 Å². The first kappa shape index (κ1) is 14.2. The average Bonchev–Trinajstić information content (AvgIpc) is 2.38. The zero-order chi connectivity index (χ0) is 12.3. The van der Waals surface area contributed by atoms with E-state index in [1.54, 1.807) is 12.1 Å². The molecular weight excluding hydrogens is 280 g/mol. The number of rotatable bonds is 2. The molecule has 2 aromatic rings. The van der Waals surface area contributed by atoms with E-state index in [-0.39, 0.29) is 17.1 Å². The molecule has 0 aliphatic carbocycles. The number of benzene rings is 2. The predicted octanol–water partition coefficient (Wildman–Crippen LogP) is 2.71. The van der Waals surface area contributed by atoms with Gasteiger partial charge in [0.25, 0.3) is 0 Å². The van der Waals surface area contributed by atoms with Crippen molar-refractivity contribution in [3.8, 4) is 0 Å². The average molecular weight is 290 g/mol. The van der Waals surface area contributed by atoms with Crippen LogP contribution in [-0.2, 0) is 26.6 Å². The van der Waals surface area contributed by atoms with E-state index < -0.39 is 11.9 Å². The van der Waals surface area contributed by atoms with Gasteiger partial charge in [0.2, 0.25) is 0 Å². The molecule has 0 heterocycles. The molecule has 18 heavy (non-hydrogen) atoms. The molecule has 0 bridgehead atoms. The topological polar surface area (TPSA) is 43.4 Å². The van der Waals surface area contributed by atoms with Crippen LogP contribution in [0.15, 0.2) is 55.1 Å². The molecule has 0 saturated carbocycles. The van der Waals surface area contributed by atoms with Gasteiger partial charge in [-0.15, -0.1) is 0 Å². The van der Waals surface area contributed by atoms with Crippen molar-refractivity contribution in [2.24, 2.45) is 0 Å². The third-order valence-corrected chi connectivity index (χ3v) is 2.35. The van der Waals surface area contributed by atoms with Crippen molar-refractivity contribution in [1.29, 1.82) is 0 Å². The second-order valence-corrected chi connectivity index (χ2v) is 3.47. The monoisotopic (exact) mass is 289 g/mol. The van der Waals surface area contributed by atoms with Crippen LogP contribution in [0.2, 0.25) is 0 Å². The van der Waals surface area contributed by atoms with Crippen LogP contribution in [0, 0.1) is 0 Å². The Labute approximate surface area is 115 Å². The summed E-state index contributed by atoms with van der Waals surface area (Å²) >= 11 is 0. The van der Waals surface area contributed by atoms with Gasteiger partial charge in [0.1, 0.15) is 0 Å². The number of esters is 2. The Morgan fingerprint density at radius 3 is 2.39 bits per heavy atom. The van der Waals surface area contributed by atoms with E-state index in [1.165, 1.54) is 0 Å². The minimum absolute atomic E-state index is 0. The summed E-state index contributed by atoms with van der Waals surface area (Å²) in [5.41, 5.74) is 0.346. The van der Waals surface area contributed by atoms with E-state index >= 15 is 0 Å². The SMILES string of the molecule is C=CC(=O)OC(=O)c1ccc2ccccc2c1.[Cu]. The molecule has 1 radical (unpaired) electrons. The summed E-state index contributed by atoms with van der Waals surface area (Å²) in [5.74, 6) is -1.41. The third-order valence-electron chi connectivity index (χ3n) is 2.35. The van der Waals surface area contributed by atoms with Crippen LogP contribution in [-0.4, -0.2) is 11.9 Å². The Hall–Kier alpha value is -1.90. The van der Waals surface area contributed by atoms with E-state index in [2.05, 4.69) is 11.3 Å². The van der Waals surface area contributed by atoms with E-state index in [0.717, 1.165) is 16.8 Å². The Bertz CT molecular complexity index is 605. The molecule has 0 fully saturated rings. The fourth-order valence-electron chi connectivity index (χ4n) is 1.51. The Kier molecular flexibility index (Phi) is 4.84. The number of hydrogen-bond acceptors (Lipinski definition) is 3. The molecule has 2 rings (SSSR count). The van der Waals surface area contributed by atoms with Gasteiger partial charge in [-0.2, -0.15) is 0 Å². The summed E-state index contributed by atoms with van der Waals surface area (Å²) in [5, 5.41) is 1.95. The van der Waals surface area contributed by atoms with Gasteiger partial charge in [-0.3, -0.25) is 0 Å². The number of hydrogen-bond donors (Lipinski definition) is 0. The van der Waals surface area contributed by atoms with Crippen molar-refractivity contribution < 1.29 is 31.4 Å². The van der Waals surface area contributed by atoms with E-state index in [4.69, 9.17) is 0 Å². The molecule has 0 unspecified atom stereocenters. The first-order valence-corrected chi connectivity index (χ1v) is 5.08. The maximum absolute atomic E-state index is 11.6. The number of ether oxygens (including phenoxy) is 1. The Balaban J connectivity index is 0.00000162. The van der Waals surface area contributed by atoms with Gasteiger partial charge < -0.3 is 4.74 Å². The molecule has 0 aliphatic heterocycles. The van der Waals surface area contributed by atoms with Crippen LogP contribution in [0.4, 0.5) is 0 Å². The Morgan fingerprint density at radius 1 is 1.06 bits per heavy atom. The zero-order valence-corrected chi connectivity index (χ0v) is 10.3. The van der Waals surface area contributed by atoms with Gasteiger partial charge in [-0.1, -0.05) is 36.9 Å². The predicted molar refractivity (Wildman–Crippen MR) is 64.6 cm³/mol. The molecule has 4 heteroatoms. The first-order chi connectivity index (χ1) is 8.20. The molecule has 3 nitrogen and oxygen atoms in total. The molecule has 95 valence electrons. The van der Waals surface area contributed by atoms with Gasteiger partial charge in [0, 0.05) is 23.1 Å². The van der Waals surface area contributed by atoms with Crippen LogP contribution < -0.4 is 0 Å². The van der Waals surface area contributed by atoms with Crippen molar-refractivity contribution in [3.05, 3.63) is 60.7 Å². The molecule has 0 aliphatic rings. The third kappa shape index (κ3) is 3.06. The van der Waals surface area contributed by atoms with Gasteiger partial charge in [-0.05, 0) is 22.9 Å². The smallest absolute Gasteiger partial charge is 0.346 e. The summed E-state index contributed by atoms with van der Waals surface area (Å²) in [6.45, 7) is 3.23. The summed E-state index contributed by atoms with van der Waals surface area (Å²) in [4.78, 5) is 22.5. The second-order valence-electron chi connectivity index (χ2n) is 3.47. The van der Waals surface area contributed by atoms with E-state index in [1.807, 2.05) is 30.3 Å². The van der Waals surface area contributed by atoms with E-state index in [9.17, 15) is 9.59 Å². The summed E-state index contributed by atoms with van der Waals surface area (Å²) in [7, 11) is 0. The zero-order valence-electron chi connectivity index (χ0n) is 9.35. The number of carbonyl (C=O) groups is 2. The van der Waals surface area contributed by atoms with Crippen LogP contribution in [0.5, 0.6) is 0 Å². The quantitative estimate of drug-likeness (QED) is 0.369. The minimum Gasteiger partial charge on any atom is -0.386 e. The van der Waals surface area contributed by atoms with Crippen LogP contribution in [0.1, 0.15) is 10.4 Å². The van der Waals surface area contributed by atoms with Gasteiger partial charge in [-0.25, -0.2) is 9.59 Å². The van der Waals surface area contributed by atoms with Crippen molar-refractivity contribution in [3.63, 3.8) is 0 Å². The maximum Gasteiger partial charge on any atom is 0.346 e. The Morgan fingerprint density at radius 2 is 1.72 bits per heavy atom. The van der Waals surface area contributed by atoms with Crippen molar-refractivity contribution >= 4 is 22.7 Å². The largest absolute Gasteiger partial charge is 0.386 e. The normalized spacial score (nSPS) is 9.33. The molecule has 0 atom stereocenters. The van der Waals surface area contributed by atoms with Crippen LogP contribution in [0.3, 0.4) is 0 Å². The first-order valence-electron chi connectivity index (χ1n) is 5.08. The summed E-state index contributed by atoms with van der Waals surface area (Å²) in [6, 6.07) is 12.8. The fraction of sp³-hybridized carbons (Fsp3) is 0. The second kappa shape index (κ2) is 6.15. The maximum atomic E-state index is 11.6. The molecule has 0 saturated heterocycles. The number of carbonyl (C=O) groups excluding carboxylic acids is 2.